The molecule has 1 atom stereocenters. The third-order valence-corrected chi connectivity index (χ3v) is 6.82. The summed E-state index contributed by atoms with van der Waals surface area (Å²) in [6.07, 6.45) is 0.355. The number of benzene rings is 2. The van der Waals surface area contributed by atoms with Gasteiger partial charge in [0.15, 0.2) is 11.6 Å². The maximum absolute atomic E-state index is 14.8. The van der Waals surface area contributed by atoms with Crippen LogP contribution in [0.2, 0.25) is 0 Å². The number of aliphatic hydroxyl groups is 1. The topological polar surface area (TPSA) is 97.8 Å². The summed E-state index contributed by atoms with van der Waals surface area (Å²) in [5, 5.41) is 11.4. The van der Waals surface area contributed by atoms with Crippen LogP contribution in [-0.4, -0.2) is 86.3 Å². The zero-order chi connectivity index (χ0) is 28.1. The number of nitrogens with zero attached hydrogens (tertiary/aromatic N) is 2. The van der Waals surface area contributed by atoms with E-state index in [1.54, 1.807) is 32.0 Å². The van der Waals surface area contributed by atoms with Crippen molar-refractivity contribution in [3.8, 4) is 17.2 Å². The van der Waals surface area contributed by atoms with Gasteiger partial charge in [0.2, 0.25) is 0 Å². The van der Waals surface area contributed by atoms with E-state index in [9.17, 15) is 19.1 Å². The van der Waals surface area contributed by atoms with E-state index >= 15 is 0 Å². The van der Waals surface area contributed by atoms with Gasteiger partial charge in [-0.1, -0.05) is 0 Å². The number of methoxy groups -OCH3 is 2. The molecule has 210 valence electrons. The highest BCUT2D eigenvalue weighted by Gasteiger charge is 2.47. The van der Waals surface area contributed by atoms with Crippen molar-refractivity contribution in [1.82, 2.24) is 9.80 Å². The van der Waals surface area contributed by atoms with Gasteiger partial charge in [-0.25, -0.2) is 4.39 Å². The van der Waals surface area contributed by atoms with Crippen LogP contribution in [-0.2, 0) is 14.3 Å². The molecule has 0 saturated carbocycles. The second-order valence-electron chi connectivity index (χ2n) is 9.72. The van der Waals surface area contributed by atoms with E-state index in [1.807, 2.05) is 0 Å². The van der Waals surface area contributed by atoms with Crippen LogP contribution in [0.15, 0.2) is 42.0 Å². The summed E-state index contributed by atoms with van der Waals surface area (Å²) in [5.41, 5.74) is 0.390. The lowest BCUT2D eigenvalue weighted by molar-refractivity contribution is -0.140. The molecule has 2 aromatic rings. The molecule has 0 bridgehead atoms. The lowest BCUT2D eigenvalue weighted by atomic mass is 9.94. The fourth-order valence-corrected chi connectivity index (χ4v) is 4.93. The molecule has 0 aliphatic carbocycles. The van der Waals surface area contributed by atoms with Gasteiger partial charge in [0, 0.05) is 37.3 Å². The van der Waals surface area contributed by atoms with Gasteiger partial charge in [-0.3, -0.25) is 14.5 Å². The summed E-state index contributed by atoms with van der Waals surface area (Å²) >= 11 is 0. The number of rotatable bonds is 10. The molecule has 10 heteroatoms. The van der Waals surface area contributed by atoms with Crippen LogP contribution in [0.4, 0.5) is 4.39 Å². The molecule has 0 unspecified atom stereocenters. The molecule has 0 radical (unpaired) electrons. The molecule has 9 nitrogen and oxygen atoms in total. The number of halogens is 1. The van der Waals surface area contributed by atoms with E-state index in [4.69, 9.17) is 18.9 Å². The van der Waals surface area contributed by atoms with Gasteiger partial charge in [0.05, 0.1) is 45.2 Å². The molecule has 39 heavy (non-hydrogen) atoms. The molecule has 2 saturated heterocycles. The number of carbonyl (C=O) groups is 2. The molecule has 2 heterocycles. The Balaban J connectivity index is 1.76. The lowest BCUT2D eigenvalue weighted by Gasteiger charge is -2.29. The van der Waals surface area contributed by atoms with Gasteiger partial charge >= 0.3 is 0 Å². The molecule has 1 N–H and O–H groups in total. The van der Waals surface area contributed by atoms with Crippen LogP contribution in [0.5, 0.6) is 17.2 Å². The highest BCUT2D eigenvalue weighted by Crippen LogP contribution is 2.44. The molecular weight excluding hydrogens is 507 g/mol. The Morgan fingerprint density at radius 3 is 2.41 bits per heavy atom. The maximum Gasteiger partial charge on any atom is 0.295 e. The van der Waals surface area contributed by atoms with Crippen molar-refractivity contribution in [1.29, 1.82) is 0 Å². The minimum atomic E-state index is -0.964. The maximum atomic E-state index is 14.8. The Labute approximate surface area is 227 Å². The summed E-state index contributed by atoms with van der Waals surface area (Å²) in [7, 11) is 2.99. The third-order valence-electron chi connectivity index (χ3n) is 6.82. The Morgan fingerprint density at radius 1 is 1.05 bits per heavy atom. The zero-order valence-electron chi connectivity index (χ0n) is 22.7. The van der Waals surface area contributed by atoms with E-state index in [0.29, 0.717) is 36.7 Å². The van der Waals surface area contributed by atoms with Crippen LogP contribution in [0.3, 0.4) is 0 Å². The summed E-state index contributed by atoms with van der Waals surface area (Å²) in [4.78, 5) is 30.4. The predicted molar refractivity (Wildman–Crippen MR) is 143 cm³/mol. The van der Waals surface area contributed by atoms with E-state index in [0.717, 1.165) is 25.7 Å². The van der Waals surface area contributed by atoms with Gasteiger partial charge < -0.3 is 29.0 Å². The fourth-order valence-electron chi connectivity index (χ4n) is 4.93. The van der Waals surface area contributed by atoms with Crippen molar-refractivity contribution in [3.05, 3.63) is 58.9 Å². The minimum absolute atomic E-state index is 0.0242. The number of ether oxygens (including phenoxy) is 4. The molecule has 2 fully saturated rings. The molecule has 1 amide bonds. The minimum Gasteiger partial charge on any atom is -0.507 e. The van der Waals surface area contributed by atoms with Gasteiger partial charge in [-0.2, -0.15) is 0 Å². The Kier molecular flexibility index (Phi) is 9.08. The number of aliphatic hydroxyl groups excluding tert-OH is 1. The van der Waals surface area contributed by atoms with Crippen LogP contribution in [0.1, 0.15) is 37.4 Å². The number of morpholine rings is 1. The van der Waals surface area contributed by atoms with Crippen LogP contribution in [0, 0.1) is 5.82 Å². The number of carbonyl (C=O) groups excluding carboxylic acids is 2. The average Bonchev–Trinajstić information content (AvgIpc) is 3.18. The van der Waals surface area contributed by atoms with Crippen molar-refractivity contribution in [3.63, 3.8) is 0 Å². The number of Topliss-reactive ketones (excluding diaryl/α,β-unsaturated/α-hetero) is 1. The SMILES string of the molecule is COc1ccc(OC)c([C@H]2/C(=C(\O)c3ccc(OC(C)C)c(F)c3)C(=O)C(=O)N2CCCN2CCOCC2)c1. The number of ketones is 1. The van der Waals surface area contributed by atoms with E-state index in [2.05, 4.69) is 4.90 Å². The van der Waals surface area contributed by atoms with Crippen molar-refractivity contribution in [2.75, 3.05) is 53.6 Å². The van der Waals surface area contributed by atoms with Crippen LogP contribution < -0.4 is 14.2 Å². The Hall–Kier alpha value is -3.63. The van der Waals surface area contributed by atoms with Crippen molar-refractivity contribution in [2.45, 2.75) is 32.4 Å². The highest BCUT2D eigenvalue weighted by atomic mass is 19.1. The smallest absolute Gasteiger partial charge is 0.295 e. The summed E-state index contributed by atoms with van der Waals surface area (Å²) in [6, 6.07) is 8.05. The average molecular weight is 543 g/mol. The van der Waals surface area contributed by atoms with E-state index in [-0.39, 0.29) is 29.5 Å². The Morgan fingerprint density at radius 2 is 1.77 bits per heavy atom. The van der Waals surface area contributed by atoms with Gasteiger partial charge in [0.1, 0.15) is 17.3 Å². The number of amides is 1. The first-order valence-corrected chi connectivity index (χ1v) is 13.0. The van der Waals surface area contributed by atoms with E-state index < -0.39 is 29.3 Å². The van der Waals surface area contributed by atoms with Gasteiger partial charge in [-0.15, -0.1) is 0 Å². The zero-order valence-corrected chi connectivity index (χ0v) is 22.7. The first-order valence-electron chi connectivity index (χ1n) is 13.0. The molecule has 4 rings (SSSR count). The van der Waals surface area contributed by atoms with Crippen molar-refractivity contribution >= 4 is 17.4 Å². The second kappa shape index (κ2) is 12.5. The summed E-state index contributed by atoms with van der Waals surface area (Å²) in [6.45, 7) is 7.44. The molecule has 2 aromatic carbocycles. The monoisotopic (exact) mass is 542 g/mol. The molecule has 0 aromatic heterocycles. The molecule has 2 aliphatic heterocycles. The highest BCUT2D eigenvalue weighted by molar-refractivity contribution is 6.46. The van der Waals surface area contributed by atoms with Crippen LogP contribution >= 0.6 is 0 Å². The Bertz CT molecular complexity index is 1240. The standard InChI is InChI=1S/C29H35FN2O7/c1-18(2)39-24-8-6-19(16-22(24)30)27(33)25-26(21-17-20(36-3)7-9-23(21)37-4)32(29(35)28(25)34)11-5-10-31-12-14-38-15-13-31/h6-9,16-18,26,33H,5,10-15H2,1-4H3/b27-25+/t26-/m0/s1. The van der Waals surface area contributed by atoms with Gasteiger partial charge in [0.25, 0.3) is 11.7 Å². The summed E-state index contributed by atoms with van der Waals surface area (Å²) < 4.78 is 36.7. The first kappa shape index (κ1) is 28.4. The normalized spacial score (nSPS) is 19.5. The molecule has 2 aliphatic rings. The summed E-state index contributed by atoms with van der Waals surface area (Å²) in [5.74, 6) is -1.83. The molecular formula is C29H35FN2O7. The van der Waals surface area contributed by atoms with Crippen molar-refractivity contribution in [2.24, 2.45) is 0 Å². The van der Waals surface area contributed by atoms with Crippen LogP contribution in [0.25, 0.3) is 5.76 Å². The largest absolute Gasteiger partial charge is 0.507 e. The van der Waals surface area contributed by atoms with Crippen molar-refractivity contribution < 1.29 is 38.0 Å². The molecule has 0 spiro atoms. The fraction of sp³-hybridized carbons (Fsp3) is 0.448. The van der Waals surface area contributed by atoms with Gasteiger partial charge in [-0.05, 0) is 56.7 Å². The lowest BCUT2D eigenvalue weighted by Crippen LogP contribution is -2.39. The van der Waals surface area contributed by atoms with E-state index in [1.165, 1.54) is 31.3 Å². The predicted octanol–water partition coefficient (Wildman–Crippen LogP) is 3.77. The number of hydrogen-bond acceptors (Lipinski definition) is 8. The second-order valence-corrected chi connectivity index (χ2v) is 9.72. The quantitative estimate of drug-likeness (QED) is 0.275. The third kappa shape index (κ3) is 6.17. The first-order chi connectivity index (χ1) is 18.7. The number of likely N-dealkylation sites (tertiary alicyclic amines) is 1. The number of hydrogen-bond donors (Lipinski definition) is 1.